The van der Waals surface area contributed by atoms with Gasteiger partial charge in [-0.2, -0.15) is 0 Å². The summed E-state index contributed by atoms with van der Waals surface area (Å²) in [5, 5.41) is 6.37. The van der Waals surface area contributed by atoms with Crippen LogP contribution in [-0.4, -0.2) is 24.8 Å². The Kier molecular flexibility index (Phi) is 7.96. The topological polar surface area (TPSA) is 50.4 Å². The molecule has 0 saturated carbocycles. The summed E-state index contributed by atoms with van der Waals surface area (Å²) in [5.74, 6) is 0. The highest BCUT2D eigenvalue weighted by molar-refractivity contribution is 5.68. The van der Waals surface area contributed by atoms with Crippen molar-refractivity contribution in [2.24, 2.45) is 0 Å². The standard InChI is InChI=1S/C18H30N2O2/c1-5-6-10-13-19-14-16(15-11-8-7-9-12-15)20-17(21)22-18(2,3)4/h7-9,11-12,16,19H,5-6,10,13-14H2,1-4H3,(H,20,21). The molecule has 124 valence electrons. The predicted octanol–water partition coefficient (Wildman–Crippen LogP) is 4.03. The van der Waals surface area contributed by atoms with Gasteiger partial charge >= 0.3 is 6.09 Å². The number of nitrogens with one attached hydrogen (secondary N) is 2. The van der Waals surface area contributed by atoms with Gasteiger partial charge in [0.25, 0.3) is 0 Å². The zero-order valence-corrected chi connectivity index (χ0v) is 14.3. The molecule has 1 rings (SSSR count). The third-order valence-corrected chi connectivity index (χ3v) is 3.20. The van der Waals surface area contributed by atoms with Crippen LogP contribution >= 0.6 is 0 Å². The normalized spacial score (nSPS) is 12.7. The number of carbonyl (C=O) groups is 1. The molecular weight excluding hydrogens is 276 g/mol. The van der Waals surface area contributed by atoms with E-state index >= 15 is 0 Å². The van der Waals surface area contributed by atoms with E-state index in [-0.39, 0.29) is 12.1 Å². The number of hydrogen-bond donors (Lipinski definition) is 2. The van der Waals surface area contributed by atoms with Crippen molar-refractivity contribution < 1.29 is 9.53 Å². The average molecular weight is 306 g/mol. The highest BCUT2D eigenvalue weighted by atomic mass is 16.6. The number of unbranched alkanes of at least 4 members (excludes halogenated alkanes) is 2. The van der Waals surface area contributed by atoms with Crippen molar-refractivity contribution in [3.8, 4) is 0 Å². The van der Waals surface area contributed by atoms with Crippen molar-refractivity contribution in [2.45, 2.75) is 58.6 Å². The van der Waals surface area contributed by atoms with Crippen molar-refractivity contribution in [1.29, 1.82) is 0 Å². The molecule has 0 spiro atoms. The first-order chi connectivity index (χ1) is 10.4. The summed E-state index contributed by atoms with van der Waals surface area (Å²) >= 11 is 0. The first-order valence-electron chi connectivity index (χ1n) is 8.17. The fourth-order valence-electron chi connectivity index (χ4n) is 2.13. The number of rotatable bonds is 8. The number of carbonyl (C=O) groups excluding carboxylic acids is 1. The Morgan fingerprint density at radius 2 is 1.86 bits per heavy atom. The molecule has 0 fully saturated rings. The molecule has 1 atom stereocenters. The van der Waals surface area contributed by atoms with Crippen molar-refractivity contribution >= 4 is 6.09 Å². The quantitative estimate of drug-likeness (QED) is 0.713. The van der Waals surface area contributed by atoms with E-state index in [1.807, 2.05) is 51.1 Å². The lowest BCUT2D eigenvalue weighted by atomic mass is 10.1. The Hall–Kier alpha value is -1.55. The van der Waals surface area contributed by atoms with E-state index in [0.717, 1.165) is 18.5 Å². The van der Waals surface area contributed by atoms with Crippen LogP contribution in [-0.2, 0) is 4.74 Å². The van der Waals surface area contributed by atoms with Crippen molar-refractivity contribution in [3.63, 3.8) is 0 Å². The largest absolute Gasteiger partial charge is 0.444 e. The number of alkyl carbamates (subject to hydrolysis) is 1. The molecule has 0 heterocycles. The highest BCUT2D eigenvalue weighted by Gasteiger charge is 2.20. The molecular formula is C18H30N2O2. The van der Waals surface area contributed by atoms with E-state index in [1.54, 1.807) is 0 Å². The summed E-state index contributed by atoms with van der Waals surface area (Å²) in [6, 6.07) is 9.90. The van der Waals surface area contributed by atoms with Gasteiger partial charge in [-0.1, -0.05) is 50.1 Å². The van der Waals surface area contributed by atoms with Gasteiger partial charge in [0.15, 0.2) is 0 Å². The van der Waals surface area contributed by atoms with Gasteiger partial charge in [0.05, 0.1) is 6.04 Å². The maximum Gasteiger partial charge on any atom is 0.408 e. The molecule has 1 aromatic rings. The van der Waals surface area contributed by atoms with E-state index in [9.17, 15) is 4.79 Å². The molecule has 4 nitrogen and oxygen atoms in total. The predicted molar refractivity (Wildman–Crippen MR) is 90.9 cm³/mol. The van der Waals surface area contributed by atoms with E-state index in [4.69, 9.17) is 4.74 Å². The van der Waals surface area contributed by atoms with E-state index < -0.39 is 5.60 Å². The van der Waals surface area contributed by atoms with Gasteiger partial charge in [-0.15, -0.1) is 0 Å². The lowest BCUT2D eigenvalue weighted by Crippen LogP contribution is -2.39. The number of benzene rings is 1. The third-order valence-electron chi connectivity index (χ3n) is 3.20. The van der Waals surface area contributed by atoms with Gasteiger partial charge in [0.1, 0.15) is 5.60 Å². The molecule has 22 heavy (non-hydrogen) atoms. The molecule has 1 amide bonds. The van der Waals surface area contributed by atoms with Gasteiger partial charge < -0.3 is 15.4 Å². The highest BCUT2D eigenvalue weighted by Crippen LogP contribution is 2.14. The monoisotopic (exact) mass is 306 g/mol. The van der Waals surface area contributed by atoms with Crippen LogP contribution in [0.15, 0.2) is 30.3 Å². The summed E-state index contributed by atoms with van der Waals surface area (Å²) in [6.45, 7) is 9.46. The van der Waals surface area contributed by atoms with E-state index in [1.165, 1.54) is 12.8 Å². The van der Waals surface area contributed by atoms with Crippen molar-refractivity contribution in [1.82, 2.24) is 10.6 Å². The molecule has 0 aliphatic carbocycles. The molecule has 4 heteroatoms. The van der Waals surface area contributed by atoms with Crippen LogP contribution in [0.25, 0.3) is 0 Å². The molecule has 0 aliphatic rings. The Bertz CT molecular complexity index is 426. The lowest BCUT2D eigenvalue weighted by molar-refractivity contribution is 0.0503. The molecule has 0 radical (unpaired) electrons. The first kappa shape index (κ1) is 18.5. The fourth-order valence-corrected chi connectivity index (χ4v) is 2.13. The first-order valence-corrected chi connectivity index (χ1v) is 8.17. The van der Waals surface area contributed by atoms with Gasteiger partial charge in [-0.3, -0.25) is 0 Å². The van der Waals surface area contributed by atoms with Crippen LogP contribution in [0.2, 0.25) is 0 Å². The number of ether oxygens (including phenoxy) is 1. The zero-order chi connectivity index (χ0) is 16.4. The summed E-state index contributed by atoms with van der Waals surface area (Å²) < 4.78 is 5.36. The lowest BCUT2D eigenvalue weighted by Gasteiger charge is -2.24. The molecule has 2 N–H and O–H groups in total. The van der Waals surface area contributed by atoms with Crippen LogP contribution < -0.4 is 10.6 Å². The van der Waals surface area contributed by atoms with Crippen LogP contribution in [0.4, 0.5) is 4.79 Å². The molecule has 0 aromatic heterocycles. The minimum Gasteiger partial charge on any atom is -0.444 e. The van der Waals surface area contributed by atoms with Gasteiger partial charge in [0.2, 0.25) is 0 Å². The minimum atomic E-state index is -0.486. The molecule has 0 saturated heterocycles. The molecule has 1 unspecified atom stereocenters. The minimum absolute atomic E-state index is 0.0855. The number of hydrogen-bond acceptors (Lipinski definition) is 3. The Morgan fingerprint density at radius 3 is 2.45 bits per heavy atom. The van der Waals surface area contributed by atoms with Gasteiger partial charge in [0, 0.05) is 6.54 Å². The van der Waals surface area contributed by atoms with E-state index in [0.29, 0.717) is 6.54 Å². The second-order valence-electron chi connectivity index (χ2n) is 6.52. The second-order valence-corrected chi connectivity index (χ2v) is 6.52. The van der Waals surface area contributed by atoms with Crippen LogP contribution in [0.3, 0.4) is 0 Å². The molecule has 1 aromatic carbocycles. The van der Waals surface area contributed by atoms with Crippen molar-refractivity contribution in [3.05, 3.63) is 35.9 Å². The van der Waals surface area contributed by atoms with Crippen LogP contribution in [0.1, 0.15) is 58.6 Å². The average Bonchev–Trinajstić information content (AvgIpc) is 2.45. The maximum absolute atomic E-state index is 12.0. The van der Waals surface area contributed by atoms with Crippen molar-refractivity contribution in [2.75, 3.05) is 13.1 Å². The maximum atomic E-state index is 12.0. The zero-order valence-electron chi connectivity index (χ0n) is 14.3. The Morgan fingerprint density at radius 1 is 1.18 bits per heavy atom. The summed E-state index contributed by atoms with van der Waals surface area (Å²) in [7, 11) is 0. The SMILES string of the molecule is CCCCCNCC(NC(=O)OC(C)(C)C)c1ccccc1. The Balaban J connectivity index is 2.57. The van der Waals surface area contributed by atoms with Crippen LogP contribution in [0, 0.1) is 0 Å². The smallest absolute Gasteiger partial charge is 0.408 e. The third kappa shape index (κ3) is 8.03. The van der Waals surface area contributed by atoms with E-state index in [2.05, 4.69) is 17.6 Å². The molecule has 0 aliphatic heterocycles. The summed E-state index contributed by atoms with van der Waals surface area (Å²) in [4.78, 5) is 12.0. The van der Waals surface area contributed by atoms with Gasteiger partial charge in [-0.05, 0) is 39.3 Å². The number of amides is 1. The fraction of sp³-hybridized carbons (Fsp3) is 0.611. The summed E-state index contributed by atoms with van der Waals surface area (Å²) in [6.07, 6.45) is 3.21. The molecule has 0 bridgehead atoms. The van der Waals surface area contributed by atoms with Crippen LogP contribution in [0.5, 0.6) is 0 Å². The Labute approximate surface area is 134 Å². The second kappa shape index (κ2) is 9.46. The van der Waals surface area contributed by atoms with Gasteiger partial charge in [-0.25, -0.2) is 4.79 Å². The summed E-state index contributed by atoms with van der Waals surface area (Å²) in [5.41, 5.74) is 0.594.